The quantitative estimate of drug-likeness (QED) is 0.287. The number of alkyl halides is 3. The van der Waals surface area contributed by atoms with Gasteiger partial charge in [-0.15, -0.1) is 0 Å². The molecule has 1 aromatic rings. The number of benzene rings is 1. The summed E-state index contributed by atoms with van der Waals surface area (Å²) in [4.78, 5) is 1.36. The van der Waals surface area contributed by atoms with Crippen molar-refractivity contribution < 1.29 is 22.8 Å². The summed E-state index contributed by atoms with van der Waals surface area (Å²) >= 11 is 0. The summed E-state index contributed by atoms with van der Waals surface area (Å²) in [5, 5.41) is 10.8. The first-order chi connectivity index (χ1) is 9.24. The molecule has 0 saturated heterocycles. The molecule has 3 N–H and O–H groups in total. The van der Waals surface area contributed by atoms with E-state index in [9.17, 15) is 17.6 Å². The Morgan fingerprint density at radius 1 is 1.35 bits per heavy atom. The minimum absolute atomic E-state index is 0.186. The minimum atomic E-state index is -4.60. The van der Waals surface area contributed by atoms with Crippen LogP contribution in [0.4, 0.5) is 17.6 Å². The van der Waals surface area contributed by atoms with Crippen molar-refractivity contribution in [2.75, 3.05) is 13.6 Å². The van der Waals surface area contributed by atoms with Crippen molar-refractivity contribution in [2.24, 2.45) is 16.8 Å². The third-order valence-electron chi connectivity index (χ3n) is 2.73. The average molecular weight is 293 g/mol. The molecule has 4 nitrogen and oxygen atoms in total. The van der Waals surface area contributed by atoms with Crippen LogP contribution in [0.5, 0.6) is 0 Å². The van der Waals surface area contributed by atoms with Crippen LogP contribution in [-0.2, 0) is 6.54 Å². The first kappa shape index (κ1) is 16.2. The highest BCUT2D eigenvalue weighted by Gasteiger charge is 2.43. The van der Waals surface area contributed by atoms with Gasteiger partial charge in [-0.25, -0.2) is 4.39 Å². The lowest BCUT2D eigenvalue weighted by molar-refractivity contribution is -0.159. The van der Waals surface area contributed by atoms with Gasteiger partial charge in [0.15, 0.2) is 5.84 Å². The fraction of sp³-hybridized carbons (Fsp3) is 0.417. The predicted octanol–water partition coefficient (Wildman–Crippen LogP) is 2.18. The van der Waals surface area contributed by atoms with Crippen LogP contribution in [0.1, 0.15) is 5.56 Å². The number of hydrogen-bond acceptors (Lipinski definition) is 3. The van der Waals surface area contributed by atoms with E-state index in [0.717, 1.165) is 0 Å². The van der Waals surface area contributed by atoms with Gasteiger partial charge in [0.25, 0.3) is 0 Å². The SMILES string of the molecule is CN(Cc1ccc(F)cc1)CC(/C(N)=N/O)C(F)(F)F. The van der Waals surface area contributed by atoms with E-state index >= 15 is 0 Å². The molecule has 1 atom stereocenters. The van der Waals surface area contributed by atoms with E-state index in [4.69, 9.17) is 10.9 Å². The zero-order valence-corrected chi connectivity index (χ0v) is 10.7. The summed E-state index contributed by atoms with van der Waals surface area (Å²) in [5.74, 6) is -3.36. The third-order valence-corrected chi connectivity index (χ3v) is 2.73. The summed E-state index contributed by atoms with van der Waals surface area (Å²) < 4.78 is 51.0. The normalized spacial score (nSPS) is 14.6. The van der Waals surface area contributed by atoms with Gasteiger partial charge in [0.1, 0.15) is 11.7 Å². The van der Waals surface area contributed by atoms with Crippen LogP contribution in [-0.4, -0.2) is 35.7 Å². The molecular weight excluding hydrogens is 278 g/mol. The van der Waals surface area contributed by atoms with Crippen LogP contribution >= 0.6 is 0 Å². The van der Waals surface area contributed by atoms with Crippen LogP contribution in [0.15, 0.2) is 29.4 Å². The number of nitrogens with zero attached hydrogens (tertiary/aromatic N) is 2. The number of rotatable bonds is 5. The highest BCUT2D eigenvalue weighted by Crippen LogP contribution is 2.27. The van der Waals surface area contributed by atoms with E-state index in [1.807, 2.05) is 0 Å². The van der Waals surface area contributed by atoms with Crippen molar-refractivity contribution >= 4 is 5.84 Å². The molecule has 0 radical (unpaired) electrons. The van der Waals surface area contributed by atoms with Crippen LogP contribution in [0.25, 0.3) is 0 Å². The van der Waals surface area contributed by atoms with Crippen molar-refractivity contribution in [3.8, 4) is 0 Å². The molecule has 0 aliphatic carbocycles. The molecule has 1 aromatic carbocycles. The molecule has 1 unspecified atom stereocenters. The fourth-order valence-electron chi connectivity index (χ4n) is 1.71. The fourth-order valence-corrected chi connectivity index (χ4v) is 1.71. The predicted molar refractivity (Wildman–Crippen MR) is 65.7 cm³/mol. The Kier molecular flexibility index (Phi) is 5.32. The van der Waals surface area contributed by atoms with E-state index in [2.05, 4.69) is 5.16 Å². The summed E-state index contributed by atoms with van der Waals surface area (Å²) in [7, 11) is 1.47. The molecule has 8 heteroatoms. The molecule has 0 fully saturated rings. The van der Waals surface area contributed by atoms with Gasteiger partial charge >= 0.3 is 6.18 Å². The molecule has 0 aliphatic heterocycles. The Balaban J connectivity index is 2.71. The molecule has 0 saturated carbocycles. The lowest BCUT2D eigenvalue weighted by atomic mass is 10.1. The van der Waals surface area contributed by atoms with E-state index < -0.39 is 30.3 Å². The van der Waals surface area contributed by atoms with Gasteiger partial charge in [-0.2, -0.15) is 13.2 Å². The number of nitrogens with two attached hydrogens (primary N) is 1. The zero-order chi connectivity index (χ0) is 15.3. The lowest BCUT2D eigenvalue weighted by Crippen LogP contribution is -2.43. The Bertz CT molecular complexity index is 459. The molecule has 0 amide bonds. The smallest absolute Gasteiger partial charge is 0.400 e. The average Bonchev–Trinajstić information content (AvgIpc) is 2.36. The lowest BCUT2D eigenvalue weighted by Gasteiger charge is -2.25. The molecular formula is C12H15F4N3O. The molecule has 0 heterocycles. The van der Waals surface area contributed by atoms with Gasteiger partial charge in [-0.05, 0) is 24.7 Å². The molecule has 1 rings (SSSR count). The Hall–Kier alpha value is -1.83. The molecule has 0 spiro atoms. The minimum Gasteiger partial charge on any atom is -0.409 e. The molecule has 0 aliphatic rings. The Morgan fingerprint density at radius 2 is 1.90 bits per heavy atom. The maximum absolute atomic E-state index is 12.8. The summed E-state index contributed by atoms with van der Waals surface area (Å²) in [5.41, 5.74) is 5.73. The van der Waals surface area contributed by atoms with E-state index in [1.165, 1.54) is 36.2 Å². The topological polar surface area (TPSA) is 61.8 Å². The molecule has 0 bridgehead atoms. The number of halogens is 4. The molecule has 0 aromatic heterocycles. The maximum atomic E-state index is 12.8. The van der Waals surface area contributed by atoms with Gasteiger partial charge in [0, 0.05) is 13.1 Å². The van der Waals surface area contributed by atoms with Gasteiger partial charge in [-0.1, -0.05) is 17.3 Å². The van der Waals surface area contributed by atoms with E-state index in [1.54, 1.807) is 0 Å². The molecule has 20 heavy (non-hydrogen) atoms. The molecule has 112 valence electrons. The first-order valence-corrected chi connectivity index (χ1v) is 5.71. The van der Waals surface area contributed by atoms with Crippen LogP contribution in [0.3, 0.4) is 0 Å². The summed E-state index contributed by atoms with van der Waals surface area (Å²) in [6.07, 6.45) is -4.60. The van der Waals surface area contributed by atoms with Crippen molar-refractivity contribution in [3.63, 3.8) is 0 Å². The zero-order valence-electron chi connectivity index (χ0n) is 10.7. The van der Waals surface area contributed by atoms with Crippen LogP contribution < -0.4 is 5.73 Å². The summed E-state index contributed by atoms with van der Waals surface area (Å²) in [6.45, 7) is -0.275. The van der Waals surface area contributed by atoms with Crippen LogP contribution in [0, 0.1) is 11.7 Å². The largest absolute Gasteiger partial charge is 0.409 e. The highest BCUT2D eigenvalue weighted by atomic mass is 19.4. The monoisotopic (exact) mass is 293 g/mol. The van der Waals surface area contributed by atoms with Crippen molar-refractivity contribution in [1.82, 2.24) is 4.90 Å². The number of oxime groups is 1. The van der Waals surface area contributed by atoms with Crippen LogP contribution in [0.2, 0.25) is 0 Å². The van der Waals surface area contributed by atoms with E-state index in [0.29, 0.717) is 5.56 Å². The second-order valence-electron chi connectivity index (χ2n) is 4.44. The maximum Gasteiger partial charge on any atom is 0.400 e. The van der Waals surface area contributed by atoms with Gasteiger partial charge in [-0.3, -0.25) is 0 Å². The van der Waals surface area contributed by atoms with Gasteiger partial charge in [0.05, 0.1) is 0 Å². The summed E-state index contributed by atoms with van der Waals surface area (Å²) in [6, 6.07) is 5.43. The first-order valence-electron chi connectivity index (χ1n) is 5.71. The number of hydrogen-bond donors (Lipinski definition) is 2. The van der Waals surface area contributed by atoms with Gasteiger partial charge in [0.2, 0.25) is 0 Å². The van der Waals surface area contributed by atoms with Crippen molar-refractivity contribution in [3.05, 3.63) is 35.6 Å². The second-order valence-corrected chi connectivity index (χ2v) is 4.44. The van der Waals surface area contributed by atoms with E-state index in [-0.39, 0.29) is 6.54 Å². The Labute approximate surface area is 113 Å². The Morgan fingerprint density at radius 3 is 2.35 bits per heavy atom. The van der Waals surface area contributed by atoms with Crippen molar-refractivity contribution in [1.29, 1.82) is 0 Å². The standard InChI is InChI=1S/C12H15F4N3O/c1-19(6-8-2-4-9(13)5-3-8)7-10(11(17)18-20)12(14,15)16/h2-5,10,20H,6-7H2,1H3,(H2,17,18). The highest BCUT2D eigenvalue weighted by molar-refractivity contribution is 5.83. The van der Waals surface area contributed by atoms with Gasteiger partial charge < -0.3 is 15.8 Å². The number of amidine groups is 1. The second kappa shape index (κ2) is 6.56. The third kappa shape index (κ3) is 4.69. The van der Waals surface area contributed by atoms with Crippen molar-refractivity contribution in [2.45, 2.75) is 12.7 Å².